The first kappa shape index (κ1) is 16.9. The average Bonchev–Trinajstić information content (AvgIpc) is 2.93. The predicted octanol–water partition coefficient (Wildman–Crippen LogP) is 4.54. The van der Waals surface area contributed by atoms with Gasteiger partial charge in [-0.05, 0) is 49.2 Å². The van der Waals surface area contributed by atoms with Crippen LogP contribution < -0.4 is 5.63 Å². The molecule has 1 aliphatic rings. The highest BCUT2D eigenvalue weighted by molar-refractivity contribution is 5.95. The number of aromatic hydroxyl groups is 1. The monoisotopic (exact) mass is 349 g/mol. The Morgan fingerprint density at radius 2 is 1.69 bits per heavy atom. The molecule has 1 aromatic heterocycles. The standard InChI is InChI=1S/C22H23NO3/c24-20-11-10-17-18(16-8-4-3-5-9-16)14-21(25)26-22(17)19(20)15-23-12-6-1-2-7-13-23/h3-5,8-11,14,24H,1-2,6-7,12-13,15H2. The summed E-state index contributed by atoms with van der Waals surface area (Å²) >= 11 is 0. The fourth-order valence-corrected chi connectivity index (χ4v) is 3.80. The van der Waals surface area contributed by atoms with Gasteiger partial charge in [0.2, 0.25) is 0 Å². The highest BCUT2D eigenvalue weighted by Gasteiger charge is 2.18. The zero-order valence-corrected chi connectivity index (χ0v) is 14.8. The normalized spacial score (nSPS) is 15.8. The number of fused-ring (bicyclic) bond motifs is 1. The SMILES string of the molecule is O=c1cc(-c2ccccc2)c2ccc(O)c(CN3CCCCCC3)c2o1. The molecule has 134 valence electrons. The molecule has 0 bridgehead atoms. The number of phenols is 1. The fourth-order valence-electron chi connectivity index (χ4n) is 3.80. The maximum absolute atomic E-state index is 12.2. The summed E-state index contributed by atoms with van der Waals surface area (Å²) in [5.41, 5.74) is 2.63. The van der Waals surface area contributed by atoms with Crippen LogP contribution in [-0.2, 0) is 6.54 Å². The van der Waals surface area contributed by atoms with E-state index in [2.05, 4.69) is 4.90 Å². The Morgan fingerprint density at radius 1 is 0.962 bits per heavy atom. The van der Waals surface area contributed by atoms with Gasteiger partial charge in [0.15, 0.2) is 0 Å². The Bertz CT molecular complexity index is 954. The molecule has 1 fully saturated rings. The summed E-state index contributed by atoms with van der Waals surface area (Å²) in [7, 11) is 0. The second-order valence-electron chi connectivity index (χ2n) is 6.98. The first-order valence-corrected chi connectivity index (χ1v) is 9.29. The summed E-state index contributed by atoms with van der Waals surface area (Å²) < 4.78 is 5.57. The lowest BCUT2D eigenvalue weighted by molar-refractivity contribution is 0.272. The zero-order valence-electron chi connectivity index (χ0n) is 14.8. The Kier molecular flexibility index (Phi) is 4.76. The first-order chi connectivity index (χ1) is 12.7. The molecule has 2 heterocycles. The van der Waals surface area contributed by atoms with Gasteiger partial charge in [-0.2, -0.15) is 0 Å². The molecule has 26 heavy (non-hydrogen) atoms. The van der Waals surface area contributed by atoms with E-state index >= 15 is 0 Å². The Hall–Kier alpha value is -2.59. The Labute approximate surface area is 152 Å². The molecule has 0 unspecified atom stereocenters. The number of hydrogen-bond donors (Lipinski definition) is 1. The minimum absolute atomic E-state index is 0.190. The van der Waals surface area contributed by atoms with Crippen LogP contribution in [0.3, 0.4) is 0 Å². The van der Waals surface area contributed by atoms with Gasteiger partial charge in [-0.25, -0.2) is 4.79 Å². The molecule has 4 heteroatoms. The number of hydrogen-bond acceptors (Lipinski definition) is 4. The van der Waals surface area contributed by atoms with Crippen LogP contribution in [0.25, 0.3) is 22.1 Å². The highest BCUT2D eigenvalue weighted by Crippen LogP contribution is 2.34. The van der Waals surface area contributed by atoms with Crippen LogP contribution in [0.5, 0.6) is 5.75 Å². The molecular formula is C22H23NO3. The number of nitrogens with zero attached hydrogens (tertiary/aromatic N) is 1. The Balaban J connectivity index is 1.84. The van der Waals surface area contributed by atoms with Crippen LogP contribution in [0.2, 0.25) is 0 Å². The van der Waals surface area contributed by atoms with E-state index < -0.39 is 0 Å². The molecule has 1 aliphatic heterocycles. The van der Waals surface area contributed by atoms with Gasteiger partial charge in [0, 0.05) is 18.0 Å². The lowest BCUT2D eigenvalue weighted by atomic mass is 9.99. The molecule has 0 radical (unpaired) electrons. The van der Waals surface area contributed by atoms with Crippen LogP contribution in [0.4, 0.5) is 0 Å². The molecule has 0 atom stereocenters. The predicted molar refractivity (Wildman–Crippen MR) is 103 cm³/mol. The lowest BCUT2D eigenvalue weighted by Gasteiger charge is -2.21. The molecule has 1 N–H and O–H groups in total. The van der Waals surface area contributed by atoms with Gasteiger partial charge < -0.3 is 9.52 Å². The number of rotatable bonds is 3. The molecule has 0 saturated carbocycles. The molecule has 0 aliphatic carbocycles. The molecule has 2 aromatic carbocycles. The van der Waals surface area contributed by atoms with Gasteiger partial charge in [0.25, 0.3) is 0 Å². The maximum atomic E-state index is 12.2. The van der Waals surface area contributed by atoms with Crippen LogP contribution in [0.1, 0.15) is 31.2 Å². The largest absolute Gasteiger partial charge is 0.507 e. The first-order valence-electron chi connectivity index (χ1n) is 9.29. The van der Waals surface area contributed by atoms with Crippen LogP contribution in [0, 0.1) is 0 Å². The van der Waals surface area contributed by atoms with Gasteiger partial charge >= 0.3 is 5.63 Å². The van der Waals surface area contributed by atoms with E-state index in [1.54, 1.807) is 6.07 Å². The molecular weight excluding hydrogens is 326 g/mol. The van der Waals surface area contributed by atoms with Crippen molar-refractivity contribution >= 4 is 11.0 Å². The highest BCUT2D eigenvalue weighted by atomic mass is 16.4. The van der Waals surface area contributed by atoms with E-state index in [4.69, 9.17) is 4.42 Å². The van der Waals surface area contributed by atoms with Crippen molar-refractivity contribution in [3.63, 3.8) is 0 Å². The summed E-state index contributed by atoms with van der Waals surface area (Å²) in [6, 6.07) is 14.9. The van der Waals surface area contributed by atoms with Gasteiger partial charge in [0.1, 0.15) is 11.3 Å². The van der Waals surface area contributed by atoms with E-state index in [0.29, 0.717) is 17.7 Å². The smallest absolute Gasteiger partial charge is 0.336 e. The summed E-state index contributed by atoms with van der Waals surface area (Å²) in [6.45, 7) is 2.63. The Morgan fingerprint density at radius 3 is 2.42 bits per heavy atom. The summed E-state index contributed by atoms with van der Waals surface area (Å²) in [5, 5.41) is 11.3. The minimum Gasteiger partial charge on any atom is -0.507 e. The second kappa shape index (κ2) is 7.34. The van der Waals surface area contributed by atoms with Crippen molar-refractivity contribution in [2.24, 2.45) is 0 Å². The fraction of sp³-hybridized carbons (Fsp3) is 0.318. The van der Waals surface area contributed by atoms with Crippen LogP contribution in [0.15, 0.2) is 57.7 Å². The molecule has 0 amide bonds. The van der Waals surface area contributed by atoms with E-state index in [1.165, 1.54) is 31.7 Å². The quantitative estimate of drug-likeness (QED) is 0.705. The van der Waals surface area contributed by atoms with Crippen molar-refractivity contribution in [1.82, 2.24) is 4.90 Å². The topological polar surface area (TPSA) is 53.7 Å². The van der Waals surface area contributed by atoms with Gasteiger partial charge in [-0.1, -0.05) is 43.2 Å². The number of phenolic OH excluding ortho intramolecular Hbond substituents is 1. The van der Waals surface area contributed by atoms with E-state index in [1.807, 2.05) is 36.4 Å². The summed E-state index contributed by atoms with van der Waals surface area (Å²) in [4.78, 5) is 14.6. The van der Waals surface area contributed by atoms with Crippen LogP contribution in [-0.4, -0.2) is 23.1 Å². The van der Waals surface area contributed by atoms with Gasteiger partial charge in [-0.3, -0.25) is 4.90 Å². The molecule has 4 nitrogen and oxygen atoms in total. The van der Waals surface area contributed by atoms with Crippen molar-refractivity contribution in [1.29, 1.82) is 0 Å². The molecule has 3 aromatic rings. The van der Waals surface area contributed by atoms with E-state index in [-0.39, 0.29) is 11.4 Å². The van der Waals surface area contributed by atoms with Crippen molar-refractivity contribution in [2.75, 3.05) is 13.1 Å². The van der Waals surface area contributed by atoms with Crippen molar-refractivity contribution in [2.45, 2.75) is 32.2 Å². The number of benzene rings is 2. The van der Waals surface area contributed by atoms with E-state index in [0.717, 1.165) is 29.6 Å². The van der Waals surface area contributed by atoms with Crippen LogP contribution >= 0.6 is 0 Å². The third kappa shape index (κ3) is 3.37. The summed E-state index contributed by atoms with van der Waals surface area (Å²) in [5.74, 6) is 0.190. The third-order valence-electron chi connectivity index (χ3n) is 5.16. The third-order valence-corrected chi connectivity index (χ3v) is 5.16. The molecule has 4 rings (SSSR count). The van der Waals surface area contributed by atoms with Crippen molar-refractivity contribution < 1.29 is 9.52 Å². The lowest BCUT2D eigenvalue weighted by Crippen LogP contribution is -2.24. The van der Waals surface area contributed by atoms with Gasteiger partial charge in [-0.15, -0.1) is 0 Å². The summed E-state index contributed by atoms with van der Waals surface area (Å²) in [6.07, 6.45) is 4.85. The second-order valence-corrected chi connectivity index (χ2v) is 6.98. The maximum Gasteiger partial charge on any atom is 0.336 e. The average molecular weight is 349 g/mol. The van der Waals surface area contributed by atoms with Gasteiger partial charge in [0.05, 0.1) is 5.56 Å². The minimum atomic E-state index is -0.390. The van der Waals surface area contributed by atoms with Crippen molar-refractivity contribution in [3.8, 4) is 16.9 Å². The molecule has 1 saturated heterocycles. The van der Waals surface area contributed by atoms with Crippen molar-refractivity contribution in [3.05, 3.63) is 64.5 Å². The number of likely N-dealkylation sites (tertiary alicyclic amines) is 1. The zero-order chi connectivity index (χ0) is 17.9. The molecule has 0 spiro atoms. The van der Waals surface area contributed by atoms with E-state index in [9.17, 15) is 9.90 Å².